The van der Waals surface area contributed by atoms with Crippen LogP contribution in [0.1, 0.15) is 25.3 Å². The molecule has 5 nitrogen and oxygen atoms in total. The summed E-state index contributed by atoms with van der Waals surface area (Å²) < 4.78 is 5.49. The molecule has 1 aliphatic carbocycles. The average molecular weight is 349 g/mol. The van der Waals surface area contributed by atoms with Gasteiger partial charge in [-0.15, -0.1) is 0 Å². The monoisotopic (exact) mass is 348 g/mol. The Hall–Kier alpha value is -1.75. The third-order valence-electron chi connectivity index (χ3n) is 5.46. The first-order valence-electron chi connectivity index (χ1n) is 8.47. The Morgan fingerprint density at radius 3 is 2.88 bits per heavy atom. The lowest BCUT2D eigenvalue weighted by molar-refractivity contribution is -0.135. The van der Waals surface area contributed by atoms with Gasteiger partial charge in [0.05, 0.1) is 12.6 Å². The molecule has 3 aliphatic rings. The van der Waals surface area contributed by atoms with Crippen LogP contribution in [0, 0.1) is 5.41 Å². The van der Waals surface area contributed by atoms with E-state index in [9.17, 15) is 9.59 Å². The zero-order valence-electron chi connectivity index (χ0n) is 13.7. The summed E-state index contributed by atoms with van der Waals surface area (Å²) in [6, 6.07) is 7.64. The molecule has 1 saturated carbocycles. The van der Waals surface area contributed by atoms with Crippen LogP contribution >= 0.6 is 11.6 Å². The normalized spacial score (nSPS) is 27.2. The lowest BCUT2D eigenvalue weighted by Crippen LogP contribution is -2.41. The summed E-state index contributed by atoms with van der Waals surface area (Å²) in [5, 5.41) is 0.699. The Balaban J connectivity index is 1.41. The van der Waals surface area contributed by atoms with Crippen LogP contribution in [0.25, 0.3) is 0 Å². The van der Waals surface area contributed by atoms with E-state index < -0.39 is 0 Å². The Kier molecular flexibility index (Phi) is 3.71. The van der Waals surface area contributed by atoms with Crippen LogP contribution in [0.2, 0.25) is 5.02 Å². The van der Waals surface area contributed by atoms with Crippen molar-refractivity contribution < 1.29 is 14.3 Å². The highest BCUT2D eigenvalue weighted by molar-refractivity contribution is 6.30. The highest BCUT2D eigenvalue weighted by atomic mass is 35.5. The van der Waals surface area contributed by atoms with Gasteiger partial charge >= 0.3 is 6.09 Å². The maximum absolute atomic E-state index is 12.5. The van der Waals surface area contributed by atoms with Gasteiger partial charge in [-0.3, -0.25) is 9.69 Å². The van der Waals surface area contributed by atoms with Gasteiger partial charge in [0.25, 0.3) is 0 Å². The summed E-state index contributed by atoms with van der Waals surface area (Å²) in [7, 11) is 0. The van der Waals surface area contributed by atoms with Crippen molar-refractivity contribution in [3.8, 4) is 0 Å². The van der Waals surface area contributed by atoms with E-state index in [0.717, 1.165) is 24.8 Å². The van der Waals surface area contributed by atoms with E-state index in [2.05, 4.69) is 0 Å². The topological polar surface area (TPSA) is 49.9 Å². The molecule has 6 heteroatoms. The van der Waals surface area contributed by atoms with E-state index in [4.69, 9.17) is 16.3 Å². The summed E-state index contributed by atoms with van der Waals surface area (Å²) in [6.45, 7) is 3.71. The van der Waals surface area contributed by atoms with Crippen molar-refractivity contribution in [2.45, 2.75) is 38.3 Å². The van der Waals surface area contributed by atoms with Gasteiger partial charge in [-0.05, 0) is 37.0 Å². The highest BCUT2D eigenvalue weighted by Gasteiger charge is 2.53. The number of likely N-dealkylation sites (tertiary alicyclic amines) is 1. The fourth-order valence-electron chi connectivity index (χ4n) is 3.65. The van der Waals surface area contributed by atoms with Gasteiger partial charge in [-0.2, -0.15) is 0 Å². The highest BCUT2D eigenvalue weighted by Crippen LogP contribution is 2.47. The molecule has 2 amide bonds. The van der Waals surface area contributed by atoms with Crippen molar-refractivity contribution in [1.29, 1.82) is 0 Å². The fourth-order valence-corrected chi connectivity index (χ4v) is 3.87. The van der Waals surface area contributed by atoms with Crippen molar-refractivity contribution >= 4 is 23.6 Å². The van der Waals surface area contributed by atoms with Crippen LogP contribution in [0.15, 0.2) is 24.3 Å². The number of carbonyl (C=O) groups is 2. The van der Waals surface area contributed by atoms with Crippen LogP contribution in [0.4, 0.5) is 4.79 Å². The number of halogens is 1. The second-order valence-corrected chi connectivity index (χ2v) is 7.77. The van der Waals surface area contributed by atoms with Crippen LogP contribution in [0.3, 0.4) is 0 Å². The van der Waals surface area contributed by atoms with Crippen molar-refractivity contribution in [3.05, 3.63) is 34.9 Å². The molecule has 4 rings (SSSR count). The predicted molar refractivity (Wildman–Crippen MR) is 89.8 cm³/mol. The van der Waals surface area contributed by atoms with E-state index >= 15 is 0 Å². The predicted octanol–water partition coefficient (Wildman–Crippen LogP) is 2.71. The molecule has 2 aliphatic heterocycles. The van der Waals surface area contributed by atoms with Gasteiger partial charge in [0, 0.05) is 23.5 Å². The molecule has 0 unspecified atom stereocenters. The van der Waals surface area contributed by atoms with Gasteiger partial charge in [0.15, 0.2) is 0 Å². The fraction of sp³-hybridized carbons (Fsp3) is 0.556. The third-order valence-corrected chi connectivity index (χ3v) is 5.69. The first-order chi connectivity index (χ1) is 11.5. The van der Waals surface area contributed by atoms with E-state index in [1.165, 1.54) is 0 Å². The molecule has 2 saturated heterocycles. The Labute approximate surface area is 146 Å². The molecule has 2 heterocycles. The van der Waals surface area contributed by atoms with Gasteiger partial charge in [-0.25, -0.2) is 4.79 Å². The van der Waals surface area contributed by atoms with Crippen molar-refractivity contribution in [1.82, 2.24) is 9.80 Å². The van der Waals surface area contributed by atoms with Crippen molar-refractivity contribution in [2.75, 3.05) is 19.6 Å². The quantitative estimate of drug-likeness (QED) is 0.840. The molecule has 0 spiro atoms. The molecule has 2 atom stereocenters. The number of carbonyl (C=O) groups excluding carboxylic acids is 2. The number of ether oxygens (including phenoxy) is 1. The number of hydrogen-bond acceptors (Lipinski definition) is 3. The Morgan fingerprint density at radius 2 is 2.17 bits per heavy atom. The van der Waals surface area contributed by atoms with Gasteiger partial charge in [-0.1, -0.05) is 30.7 Å². The van der Waals surface area contributed by atoms with Crippen LogP contribution < -0.4 is 0 Å². The zero-order valence-corrected chi connectivity index (χ0v) is 14.5. The van der Waals surface area contributed by atoms with Gasteiger partial charge in [0.2, 0.25) is 5.91 Å². The number of nitrogens with zero attached hydrogens (tertiary/aromatic N) is 2. The second-order valence-electron chi connectivity index (χ2n) is 7.33. The van der Waals surface area contributed by atoms with Gasteiger partial charge in [0.1, 0.15) is 6.10 Å². The van der Waals surface area contributed by atoms with E-state index in [0.29, 0.717) is 24.7 Å². The molecular formula is C18H21ClN2O3. The summed E-state index contributed by atoms with van der Waals surface area (Å²) >= 11 is 6.01. The molecule has 24 heavy (non-hydrogen) atoms. The van der Waals surface area contributed by atoms with Crippen molar-refractivity contribution in [3.63, 3.8) is 0 Å². The number of amides is 2. The van der Waals surface area contributed by atoms with Crippen molar-refractivity contribution in [2.24, 2.45) is 5.41 Å². The molecule has 128 valence electrons. The minimum atomic E-state index is -0.267. The molecule has 1 aromatic carbocycles. The van der Waals surface area contributed by atoms with Gasteiger partial charge < -0.3 is 9.64 Å². The Morgan fingerprint density at radius 1 is 1.38 bits per heavy atom. The lowest BCUT2D eigenvalue weighted by Gasteiger charge is -2.24. The minimum Gasteiger partial charge on any atom is -0.442 e. The first-order valence-corrected chi connectivity index (χ1v) is 8.85. The average Bonchev–Trinajstić information content (AvgIpc) is 3.06. The summed E-state index contributed by atoms with van der Waals surface area (Å²) in [6.07, 6.45) is 2.20. The molecule has 1 aromatic rings. The summed E-state index contributed by atoms with van der Waals surface area (Å²) in [5.74, 6) is 0.211. The van der Waals surface area contributed by atoms with Crippen LogP contribution in [-0.2, 0) is 16.0 Å². The molecule has 0 N–H and O–H groups in total. The standard InChI is InChI=1S/C18H21ClN2O3/c1-18(6-7-18)16(22)20-10-14-15(11-20)24-17(23)21(14)8-5-12-3-2-4-13(19)9-12/h2-4,9,14-15H,5-8,10-11H2,1H3/t14-,15+/m1/s1. The van der Waals surface area contributed by atoms with E-state index in [1.54, 1.807) is 4.90 Å². The Bertz CT molecular complexity index is 689. The third kappa shape index (κ3) is 2.75. The molecule has 0 aromatic heterocycles. The molecule has 0 radical (unpaired) electrons. The summed E-state index contributed by atoms with van der Waals surface area (Å²) in [4.78, 5) is 28.3. The minimum absolute atomic E-state index is 0.0250. The molecular weight excluding hydrogens is 328 g/mol. The zero-order chi connectivity index (χ0) is 16.9. The molecule has 0 bridgehead atoms. The number of hydrogen-bond donors (Lipinski definition) is 0. The maximum atomic E-state index is 12.5. The smallest absolute Gasteiger partial charge is 0.410 e. The molecule has 3 fully saturated rings. The van der Waals surface area contributed by atoms with Crippen LogP contribution in [-0.4, -0.2) is 53.6 Å². The second kappa shape index (κ2) is 5.66. The van der Waals surface area contributed by atoms with E-state index in [1.807, 2.05) is 36.1 Å². The lowest BCUT2D eigenvalue weighted by atomic mass is 10.1. The maximum Gasteiger partial charge on any atom is 0.410 e. The summed E-state index contributed by atoms with van der Waals surface area (Å²) in [5.41, 5.74) is 0.920. The number of fused-ring (bicyclic) bond motifs is 1. The SMILES string of the molecule is CC1(C(=O)N2C[C@@H]3OC(=O)N(CCc4cccc(Cl)c4)[C@@H]3C2)CC1. The number of rotatable bonds is 4. The first kappa shape index (κ1) is 15.8. The largest absolute Gasteiger partial charge is 0.442 e. The van der Waals surface area contributed by atoms with Crippen LogP contribution in [0.5, 0.6) is 0 Å². The van der Waals surface area contributed by atoms with E-state index in [-0.39, 0.29) is 29.6 Å². The number of benzene rings is 1.